The van der Waals surface area contributed by atoms with E-state index < -0.39 is 47.6 Å². The minimum Gasteiger partial charge on any atom is -0.471 e. The highest BCUT2D eigenvalue weighted by atomic mass is 32.1. The van der Waals surface area contributed by atoms with Crippen molar-refractivity contribution in [1.82, 2.24) is 25.5 Å². The van der Waals surface area contributed by atoms with E-state index in [4.69, 9.17) is 24.2 Å². The zero-order chi connectivity index (χ0) is 39.2. The number of allylic oxidation sites excluding steroid dienone is 1. The molecule has 2 N–H and O–H groups in total. The number of ether oxygens (including phenoxy) is 3. The van der Waals surface area contributed by atoms with E-state index in [-0.39, 0.29) is 31.6 Å². The van der Waals surface area contributed by atoms with E-state index in [0.29, 0.717) is 48.3 Å². The zero-order valence-corrected chi connectivity index (χ0v) is 32.8. The van der Waals surface area contributed by atoms with E-state index in [2.05, 4.69) is 16.7 Å². The summed E-state index contributed by atoms with van der Waals surface area (Å²) in [7, 11) is 0. The second-order valence-corrected chi connectivity index (χ2v) is 16.5. The molecule has 2 aliphatic heterocycles. The van der Waals surface area contributed by atoms with E-state index in [1.807, 2.05) is 78.2 Å². The van der Waals surface area contributed by atoms with E-state index in [0.717, 1.165) is 55.4 Å². The first-order valence-corrected chi connectivity index (χ1v) is 21.2. The normalized spacial score (nSPS) is 25.4. The van der Waals surface area contributed by atoms with E-state index in [9.17, 15) is 19.2 Å². The van der Waals surface area contributed by atoms with E-state index in [1.165, 1.54) is 16.2 Å². The van der Waals surface area contributed by atoms with Gasteiger partial charge in [0.15, 0.2) is 0 Å². The summed E-state index contributed by atoms with van der Waals surface area (Å²) in [4.78, 5) is 68.5. The molecule has 2 aromatic heterocycles. The number of hydrogen-bond acceptors (Lipinski definition) is 10. The van der Waals surface area contributed by atoms with Crippen molar-refractivity contribution in [3.05, 3.63) is 89.8 Å². The van der Waals surface area contributed by atoms with Crippen LogP contribution < -0.4 is 15.4 Å². The van der Waals surface area contributed by atoms with Crippen molar-refractivity contribution >= 4 is 46.2 Å². The van der Waals surface area contributed by atoms with Crippen molar-refractivity contribution < 1.29 is 33.4 Å². The molecule has 0 radical (unpaired) electrons. The van der Waals surface area contributed by atoms with Crippen LogP contribution in [0.4, 0.5) is 4.79 Å². The van der Waals surface area contributed by atoms with Crippen molar-refractivity contribution in [2.24, 2.45) is 5.92 Å². The van der Waals surface area contributed by atoms with Crippen LogP contribution in [0.3, 0.4) is 0 Å². The van der Waals surface area contributed by atoms with Crippen molar-refractivity contribution in [3.8, 4) is 16.5 Å². The van der Waals surface area contributed by atoms with Crippen LogP contribution in [0.25, 0.3) is 21.6 Å². The number of esters is 1. The average molecular weight is 792 g/mol. The molecular weight excluding hydrogens is 743 g/mol. The molecule has 298 valence electrons. The fraction of sp³-hybridized carbons (Fsp3) is 0.455. The number of nitrogens with zero attached hydrogens (tertiary/aromatic N) is 3. The maximum Gasteiger partial charge on any atom is 0.408 e. The number of amides is 3. The number of fused-ring (bicyclic) bond motifs is 3. The van der Waals surface area contributed by atoms with Crippen molar-refractivity contribution in [2.75, 3.05) is 13.2 Å². The number of para-hydroxylation sites is 2. The van der Waals surface area contributed by atoms with Gasteiger partial charge in [-0.3, -0.25) is 9.59 Å². The highest BCUT2D eigenvalue weighted by Crippen LogP contribution is 2.46. The highest BCUT2D eigenvalue weighted by molar-refractivity contribution is 7.13. The number of nitrogens with one attached hydrogen (secondary N) is 2. The van der Waals surface area contributed by atoms with E-state index in [1.54, 1.807) is 0 Å². The van der Waals surface area contributed by atoms with Crippen molar-refractivity contribution in [3.63, 3.8) is 0 Å². The van der Waals surface area contributed by atoms with Crippen molar-refractivity contribution in [2.45, 2.75) is 107 Å². The molecule has 12 nitrogen and oxygen atoms in total. The zero-order valence-electron chi connectivity index (χ0n) is 32.0. The van der Waals surface area contributed by atoms with Gasteiger partial charge in [0.25, 0.3) is 0 Å². The Morgan fingerprint density at radius 2 is 1.67 bits per heavy atom. The van der Waals surface area contributed by atoms with Crippen LogP contribution in [0.15, 0.2) is 84.3 Å². The van der Waals surface area contributed by atoms with Crippen LogP contribution in [0.5, 0.6) is 5.88 Å². The standard InChI is InChI=1S/C44H49N5O7S/c50-39-36-26-32(55-40-38(37-22-13-25-57-37)45-33-19-11-12-20-34(33)46-40)28-49(36)41(51)35(47-43(53)56-31-17-9-10-18-31)21-8-3-1-2-7-16-30-27-44(30,48-39)42(52)54-24-23-29-14-5-4-6-15-29/h4-7,11-16,19-20,22,25,30-32,35-36H,1-3,8-10,17-18,21,23-24,26-28H2,(H,47,53)(H,48,50)/t30?,32-,35+,36+,44+/m1/s1. The third kappa shape index (κ3) is 8.98. The molecule has 0 spiro atoms. The van der Waals surface area contributed by atoms with Crippen LogP contribution in [-0.2, 0) is 30.3 Å². The third-order valence-electron chi connectivity index (χ3n) is 11.5. The third-order valence-corrected chi connectivity index (χ3v) is 12.4. The fourth-order valence-corrected chi connectivity index (χ4v) is 9.01. The molecule has 5 atom stereocenters. The topological polar surface area (TPSA) is 149 Å². The molecule has 0 bridgehead atoms. The van der Waals surface area contributed by atoms with Gasteiger partial charge in [-0.25, -0.2) is 19.6 Å². The van der Waals surface area contributed by atoms with Crippen LogP contribution in [-0.4, -0.2) is 81.7 Å². The van der Waals surface area contributed by atoms with Crippen molar-refractivity contribution in [1.29, 1.82) is 0 Å². The van der Waals surface area contributed by atoms with E-state index >= 15 is 0 Å². The molecule has 4 heterocycles. The summed E-state index contributed by atoms with van der Waals surface area (Å²) in [5.41, 5.74) is 1.73. The maximum atomic E-state index is 14.7. The average Bonchev–Trinajstić information content (AvgIpc) is 3.72. The first-order chi connectivity index (χ1) is 27.9. The Balaban J connectivity index is 1.07. The predicted molar refractivity (Wildman–Crippen MR) is 215 cm³/mol. The largest absolute Gasteiger partial charge is 0.471 e. The minimum absolute atomic E-state index is 0.0585. The molecule has 3 amide bonds. The first kappa shape index (κ1) is 38.6. The molecule has 57 heavy (non-hydrogen) atoms. The first-order valence-electron chi connectivity index (χ1n) is 20.3. The lowest BCUT2D eigenvalue weighted by molar-refractivity contribution is -0.150. The summed E-state index contributed by atoms with van der Waals surface area (Å²) in [6.07, 6.45) is 10.9. The summed E-state index contributed by atoms with van der Waals surface area (Å²) in [6.45, 7) is 0.230. The van der Waals surface area contributed by atoms with Gasteiger partial charge in [-0.2, -0.15) is 0 Å². The SMILES string of the molecule is O=C(N[C@H]1CCCCCC=CC2C[C@]2(C(=O)OCCc2ccccc2)NC(=O)[C@@H]2C[C@@H](Oc3nc4ccccc4nc3-c3cccs3)CN2C1=O)OC1CCCC1. The lowest BCUT2D eigenvalue weighted by Crippen LogP contribution is -2.56. The second kappa shape index (κ2) is 17.5. The molecule has 2 aliphatic carbocycles. The molecule has 3 fully saturated rings. The molecule has 13 heteroatoms. The summed E-state index contributed by atoms with van der Waals surface area (Å²) in [5, 5.41) is 7.90. The molecule has 8 rings (SSSR count). The van der Waals surface area contributed by atoms with Crippen LogP contribution in [0.2, 0.25) is 0 Å². The molecule has 1 unspecified atom stereocenters. The molecule has 2 aromatic carbocycles. The minimum atomic E-state index is -1.25. The Hall–Kier alpha value is -5.30. The van der Waals surface area contributed by atoms with Gasteiger partial charge in [-0.15, -0.1) is 11.3 Å². The molecule has 2 saturated carbocycles. The molecule has 1 saturated heterocycles. The van der Waals surface area contributed by atoms with Crippen LogP contribution >= 0.6 is 11.3 Å². The monoisotopic (exact) mass is 791 g/mol. The van der Waals surface area contributed by atoms with Gasteiger partial charge < -0.3 is 29.7 Å². The van der Waals surface area contributed by atoms with Gasteiger partial charge in [0.2, 0.25) is 17.7 Å². The lowest BCUT2D eigenvalue weighted by Gasteiger charge is -2.29. The number of alkyl carbamates (subject to hydrolysis) is 1. The predicted octanol–water partition coefficient (Wildman–Crippen LogP) is 6.93. The Labute approximate surface area is 336 Å². The number of carbonyl (C=O) groups excluding carboxylic acids is 4. The van der Waals surface area contributed by atoms with Gasteiger partial charge in [-0.05, 0) is 80.5 Å². The highest BCUT2D eigenvalue weighted by Gasteiger charge is 2.62. The Kier molecular flexibility index (Phi) is 11.8. The number of hydrogen-bond donors (Lipinski definition) is 2. The number of carbonyl (C=O) groups is 4. The molecule has 4 aromatic rings. The van der Waals surface area contributed by atoms with Gasteiger partial charge in [0.1, 0.15) is 35.5 Å². The van der Waals surface area contributed by atoms with Gasteiger partial charge in [0, 0.05) is 18.8 Å². The Bertz CT molecular complexity index is 2090. The Morgan fingerprint density at radius 1 is 0.895 bits per heavy atom. The maximum absolute atomic E-state index is 14.7. The Morgan fingerprint density at radius 3 is 2.46 bits per heavy atom. The van der Waals surface area contributed by atoms with Gasteiger partial charge >= 0.3 is 12.1 Å². The summed E-state index contributed by atoms with van der Waals surface area (Å²) in [5.74, 6) is -1.30. The van der Waals surface area contributed by atoms with Gasteiger partial charge in [-0.1, -0.05) is 73.5 Å². The molecular formula is C44H49N5O7S. The number of thiophene rings is 1. The fourth-order valence-electron chi connectivity index (χ4n) is 8.30. The molecule has 4 aliphatic rings. The number of aromatic nitrogens is 2. The lowest BCUT2D eigenvalue weighted by atomic mass is 10.0. The second-order valence-electron chi connectivity index (χ2n) is 15.5. The smallest absolute Gasteiger partial charge is 0.408 e. The quantitative estimate of drug-likeness (QED) is 0.136. The summed E-state index contributed by atoms with van der Waals surface area (Å²) < 4.78 is 18.2. The number of rotatable bonds is 9. The van der Waals surface area contributed by atoms with Crippen LogP contribution in [0, 0.1) is 5.92 Å². The van der Waals surface area contributed by atoms with Gasteiger partial charge in [0.05, 0.1) is 29.1 Å². The van der Waals surface area contributed by atoms with Crippen LogP contribution in [0.1, 0.15) is 76.2 Å². The summed E-state index contributed by atoms with van der Waals surface area (Å²) in [6, 6.07) is 19.3. The number of benzene rings is 2. The summed E-state index contributed by atoms with van der Waals surface area (Å²) >= 11 is 1.51.